The molecule has 0 unspecified atom stereocenters. The van der Waals surface area contributed by atoms with Gasteiger partial charge in [0.05, 0.1) is 0 Å². The van der Waals surface area contributed by atoms with E-state index in [2.05, 4.69) is 5.32 Å². The smallest absolute Gasteiger partial charge is 0.248 e. The lowest BCUT2D eigenvalue weighted by Gasteiger charge is -2.03. The number of Topliss-reactive ketones (excluding diaryl/α,β-unsaturated/α-hetero) is 1. The van der Waals surface area contributed by atoms with Crippen molar-refractivity contribution >= 4 is 17.4 Å². The predicted octanol–water partition coefficient (Wildman–Crippen LogP) is 4.39. The second kappa shape index (κ2) is 11.0. The first-order chi connectivity index (χ1) is 10.9. The van der Waals surface area contributed by atoms with Crippen LogP contribution in [-0.2, 0) is 9.59 Å². The van der Waals surface area contributed by atoms with Crippen molar-refractivity contribution in [1.82, 2.24) is 0 Å². The normalized spacial score (nSPS) is 11.7. The highest BCUT2D eigenvalue weighted by molar-refractivity contribution is 6.00. The van der Waals surface area contributed by atoms with E-state index < -0.39 is 0 Å². The molecule has 124 valence electrons. The summed E-state index contributed by atoms with van der Waals surface area (Å²) in [4.78, 5) is 23.2. The van der Waals surface area contributed by atoms with Crippen molar-refractivity contribution in [2.75, 3.05) is 5.32 Å². The number of allylic oxidation sites excluding steroid dienone is 5. The van der Waals surface area contributed by atoms with Gasteiger partial charge >= 0.3 is 0 Å². The minimum absolute atomic E-state index is 0.0470. The van der Waals surface area contributed by atoms with E-state index in [1.807, 2.05) is 20.8 Å². The maximum Gasteiger partial charge on any atom is 0.248 e. The molecule has 0 aromatic heterocycles. The van der Waals surface area contributed by atoms with E-state index in [1.165, 1.54) is 25.1 Å². The van der Waals surface area contributed by atoms with E-state index in [-0.39, 0.29) is 17.4 Å². The molecule has 0 saturated carbocycles. The summed E-state index contributed by atoms with van der Waals surface area (Å²) in [6.45, 7) is 9.10. The molecule has 4 nitrogen and oxygen atoms in total. The highest BCUT2D eigenvalue weighted by atomic mass is 16.3. The molecule has 0 spiro atoms. The number of phenols is 1. The van der Waals surface area contributed by atoms with Gasteiger partial charge in [0.1, 0.15) is 5.75 Å². The van der Waals surface area contributed by atoms with Gasteiger partial charge in [-0.25, -0.2) is 0 Å². The Balaban J connectivity index is 0.00000232. The zero-order chi connectivity index (χ0) is 17.8. The van der Waals surface area contributed by atoms with Crippen LogP contribution < -0.4 is 5.32 Å². The molecule has 0 bridgehead atoms. The fourth-order valence-corrected chi connectivity index (χ4v) is 1.71. The number of phenolic OH excluding ortho intramolecular Hbond substituents is 1. The van der Waals surface area contributed by atoms with Crippen LogP contribution in [0.25, 0.3) is 0 Å². The van der Waals surface area contributed by atoms with Gasteiger partial charge < -0.3 is 10.4 Å². The largest absolute Gasteiger partial charge is 0.508 e. The fraction of sp³-hybridized carbons (Fsp3) is 0.263. The van der Waals surface area contributed by atoms with Crippen molar-refractivity contribution in [2.45, 2.75) is 34.6 Å². The monoisotopic (exact) mass is 315 g/mol. The van der Waals surface area contributed by atoms with Gasteiger partial charge in [-0.05, 0) is 50.6 Å². The van der Waals surface area contributed by atoms with Crippen molar-refractivity contribution in [2.24, 2.45) is 0 Å². The second-order valence-electron chi connectivity index (χ2n) is 4.52. The van der Waals surface area contributed by atoms with E-state index in [1.54, 1.807) is 37.3 Å². The van der Waals surface area contributed by atoms with Crippen molar-refractivity contribution < 1.29 is 14.7 Å². The number of aromatic hydroxyl groups is 1. The highest BCUT2D eigenvalue weighted by Crippen LogP contribution is 2.14. The lowest BCUT2D eigenvalue weighted by atomic mass is 10.1. The topological polar surface area (TPSA) is 66.4 Å². The molecular formula is C19H25NO3. The summed E-state index contributed by atoms with van der Waals surface area (Å²) in [5, 5.41) is 11.8. The number of carbonyl (C=O) groups is 2. The van der Waals surface area contributed by atoms with Crippen molar-refractivity contribution in [1.29, 1.82) is 0 Å². The minimum Gasteiger partial charge on any atom is -0.508 e. The Morgan fingerprint density at radius 2 is 1.57 bits per heavy atom. The van der Waals surface area contributed by atoms with Gasteiger partial charge in [0.2, 0.25) is 5.91 Å². The molecule has 0 aliphatic heterocycles. The molecule has 0 radical (unpaired) electrons. The third-order valence-corrected chi connectivity index (χ3v) is 2.76. The summed E-state index contributed by atoms with van der Waals surface area (Å²) in [7, 11) is 0. The Morgan fingerprint density at radius 1 is 1.00 bits per heavy atom. The number of hydrogen-bond acceptors (Lipinski definition) is 3. The zero-order valence-electron chi connectivity index (χ0n) is 14.4. The Morgan fingerprint density at radius 3 is 2.04 bits per heavy atom. The molecule has 1 aromatic carbocycles. The second-order valence-corrected chi connectivity index (χ2v) is 4.52. The first-order valence-electron chi connectivity index (χ1n) is 7.56. The van der Waals surface area contributed by atoms with Crippen LogP contribution in [0.15, 0.2) is 59.7 Å². The number of ketones is 1. The van der Waals surface area contributed by atoms with Crippen LogP contribution in [0.3, 0.4) is 0 Å². The fourth-order valence-electron chi connectivity index (χ4n) is 1.71. The van der Waals surface area contributed by atoms with Crippen LogP contribution in [0.5, 0.6) is 5.75 Å². The Hall–Kier alpha value is -2.62. The van der Waals surface area contributed by atoms with Crippen LogP contribution in [-0.4, -0.2) is 16.8 Å². The zero-order valence-corrected chi connectivity index (χ0v) is 14.4. The Kier molecular flexibility index (Phi) is 9.76. The van der Waals surface area contributed by atoms with Gasteiger partial charge in [-0.1, -0.05) is 32.1 Å². The molecule has 1 rings (SSSR count). The maximum absolute atomic E-state index is 11.8. The van der Waals surface area contributed by atoms with Crippen LogP contribution in [0.1, 0.15) is 34.6 Å². The number of rotatable bonds is 5. The molecule has 0 atom stereocenters. The molecule has 0 aliphatic carbocycles. The van der Waals surface area contributed by atoms with Gasteiger partial charge in [-0.15, -0.1) is 0 Å². The Bertz CT molecular complexity index is 608. The van der Waals surface area contributed by atoms with E-state index >= 15 is 0 Å². The molecule has 0 fully saturated rings. The Labute approximate surface area is 138 Å². The first-order valence-corrected chi connectivity index (χ1v) is 7.56. The minimum atomic E-state index is -0.302. The average Bonchev–Trinajstić information content (AvgIpc) is 2.54. The van der Waals surface area contributed by atoms with Gasteiger partial charge in [0.25, 0.3) is 0 Å². The van der Waals surface area contributed by atoms with Gasteiger partial charge in [-0.2, -0.15) is 0 Å². The van der Waals surface area contributed by atoms with Crippen LogP contribution in [0, 0.1) is 0 Å². The van der Waals surface area contributed by atoms with E-state index in [4.69, 9.17) is 5.11 Å². The van der Waals surface area contributed by atoms with E-state index in [0.29, 0.717) is 11.3 Å². The molecule has 4 heteroatoms. The van der Waals surface area contributed by atoms with Crippen molar-refractivity contribution in [3.05, 3.63) is 59.7 Å². The maximum atomic E-state index is 11.8. The highest BCUT2D eigenvalue weighted by Gasteiger charge is 2.03. The standard InChI is InChI=1S/C17H19NO3.C2H6/c1-4-5-16(13(3)19)12(2)6-11-17(21)18-14-7-9-15(20)10-8-14;1-2/h4-11,20H,1-3H3,(H,18,21);1-2H3/b5-4-,11-6+,16-12+;. The van der Waals surface area contributed by atoms with Crippen LogP contribution >= 0.6 is 0 Å². The lowest BCUT2D eigenvalue weighted by Crippen LogP contribution is -2.07. The van der Waals surface area contributed by atoms with Crippen molar-refractivity contribution in [3.63, 3.8) is 0 Å². The average molecular weight is 315 g/mol. The SMILES string of the molecule is CC.C\C=C/C(C(C)=O)=C(C)\C=C\C(=O)Nc1ccc(O)cc1. The van der Waals surface area contributed by atoms with Gasteiger partial charge in [-0.3, -0.25) is 9.59 Å². The molecule has 1 amide bonds. The number of anilines is 1. The summed E-state index contributed by atoms with van der Waals surface area (Å²) >= 11 is 0. The summed E-state index contributed by atoms with van der Waals surface area (Å²) in [6, 6.07) is 6.18. The third-order valence-electron chi connectivity index (χ3n) is 2.76. The summed E-state index contributed by atoms with van der Waals surface area (Å²) in [5.74, 6) is -0.211. The molecule has 0 saturated heterocycles. The number of hydrogen-bond donors (Lipinski definition) is 2. The first kappa shape index (κ1) is 20.4. The molecule has 2 N–H and O–H groups in total. The molecule has 0 heterocycles. The van der Waals surface area contributed by atoms with E-state index in [0.717, 1.165) is 5.57 Å². The summed E-state index contributed by atoms with van der Waals surface area (Å²) in [6.07, 6.45) is 6.48. The number of carbonyl (C=O) groups excluding carboxylic acids is 2. The molecule has 23 heavy (non-hydrogen) atoms. The number of amides is 1. The quantitative estimate of drug-likeness (QED) is 0.481. The molecular weight excluding hydrogens is 290 g/mol. The number of benzene rings is 1. The van der Waals surface area contributed by atoms with Gasteiger partial charge in [0.15, 0.2) is 5.78 Å². The summed E-state index contributed by atoms with van der Waals surface area (Å²) in [5.41, 5.74) is 1.89. The van der Waals surface area contributed by atoms with Gasteiger partial charge in [0, 0.05) is 17.3 Å². The van der Waals surface area contributed by atoms with E-state index in [9.17, 15) is 9.59 Å². The molecule has 1 aromatic rings. The van der Waals surface area contributed by atoms with Crippen LogP contribution in [0.4, 0.5) is 5.69 Å². The number of nitrogens with one attached hydrogen (secondary N) is 1. The lowest BCUT2D eigenvalue weighted by molar-refractivity contribution is -0.113. The molecule has 0 aliphatic rings. The van der Waals surface area contributed by atoms with Crippen LogP contribution in [0.2, 0.25) is 0 Å². The third kappa shape index (κ3) is 7.81. The summed E-state index contributed by atoms with van der Waals surface area (Å²) < 4.78 is 0. The van der Waals surface area contributed by atoms with Crippen molar-refractivity contribution in [3.8, 4) is 5.75 Å². The predicted molar refractivity (Wildman–Crippen MR) is 95.4 cm³/mol.